The third-order valence-electron chi connectivity index (χ3n) is 7.05. The zero-order valence-electron chi connectivity index (χ0n) is 24.2. The summed E-state index contributed by atoms with van der Waals surface area (Å²) in [6.45, 7) is 2.66. The van der Waals surface area contributed by atoms with E-state index in [-0.39, 0.29) is 44.5 Å². The number of aliphatic carboxylic acids is 3. The van der Waals surface area contributed by atoms with Gasteiger partial charge >= 0.3 is 17.9 Å². The minimum absolute atomic E-state index is 0.0280. The second kappa shape index (κ2) is 20.7. The first-order valence-electron chi connectivity index (χ1n) is 14.5. The van der Waals surface area contributed by atoms with E-state index in [1.165, 1.54) is 12.2 Å². The molecule has 0 radical (unpaired) electrons. The molecule has 16 heteroatoms. The van der Waals surface area contributed by atoms with Crippen molar-refractivity contribution in [1.82, 2.24) is 30.2 Å². The maximum atomic E-state index is 12.7. The zero-order valence-corrected chi connectivity index (χ0v) is 25.8. The molecule has 2 aliphatic heterocycles. The number of nitrogens with zero attached hydrogens (tertiary/aromatic N) is 4. The van der Waals surface area contributed by atoms with Crippen LogP contribution in [0.25, 0.3) is 0 Å². The summed E-state index contributed by atoms with van der Waals surface area (Å²) >= 11 is 0. The van der Waals surface area contributed by atoms with Gasteiger partial charge in [-0.25, -0.2) is 0 Å². The number of carboxylic acid groups (broad SMARTS) is 3. The number of hydrogen-bond donors (Lipinski definition) is 5. The van der Waals surface area contributed by atoms with Crippen molar-refractivity contribution in [3.05, 3.63) is 0 Å². The van der Waals surface area contributed by atoms with Crippen LogP contribution in [0.1, 0.15) is 32.1 Å². The van der Waals surface area contributed by atoms with E-state index in [0.717, 1.165) is 19.3 Å². The normalized spacial score (nSPS) is 20.3. The quantitative estimate of drug-likeness (QED) is 0.107. The van der Waals surface area contributed by atoms with Crippen LogP contribution in [0.15, 0.2) is 0 Å². The van der Waals surface area contributed by atoms with Gasteiger partial charge in [-0.2, -0.15) is 0 Å². The number of amides is 2. The van der Waals surface area contributed by atoms with E-state index in [2.05, 4.69) is 10.6 Å². The lowest BCUT2D eigenvalue weighted by molar-refractivity contribution is -0.140. The number of unbranched alkanes of at least 4 members (excludes halogenated alkanes) is 1. The summed E-state index contributed by atoms with van der Waals surface area (Å²) in [4.78, 5) is 65.9. The minimum atomic E-state index is -1.01. The van der Waals surface area contributed by atoms with E-state index in [1.807, 2.05) is 26.5 Å². The van der Waals surface area contributed by atoms with Gasteiger partial charge in [0.05, 0.1) is 26.2 Å². The molecule has 0 aromatic heterocycles. The van der Waals surface area contributed by atoms with Crippen molar-refractivity contribution in [2.24, 2.45) is 0 Å². The third-order valence-corrected chi connectivity index (χ3v) is 10.1. The van der Waals surface area contributed by atoms with E-state index in [4.69, 9.17) is 0 Å². The Hall–Kier alpha value is -2.11. The summed E-state index contributed by atoms with van der Waals surface area (Å²) in [5, 5.41) is 34.3. The van der Waals surface area contributed by atoms with Crippen molar-refractivity contribution < 1.29 is 39.3 Å². The van der Waals surface area contributed by atoms with Gasteiger partial charge < -0.3 is 26.0 Å². The molecule has 2 aliphatic rings. The highest BCUT2D eigenvalue weighted by atomic mass is 33.1. The van der Waals surface area contributed by atoms with Crippen LogP contribution >= 0.6 is 21.6 Å². The number of hydrogen-bond acceptors (Lipinski definition) is 11. The van der Waals surface area contributed by atoms with Crippen LogP contribution in [-0.2, 0) is 24.0 Å². The van der Waals surface area contributed by atoms with Crippen molar-refractivity contribution in [3.63, 3.8) is 0 Å². The van der Waals surface area contributed by atoms with Gasteiger partial charge in [-0.05, 0) is 19.3 Å². The van der Waals surface area contributed by atoms with Crippen LogP contribution in [0.5, 0.6) is 0 Å². The van der Waals surface area contributed by atoms with E-state index in [0.29, 0.717) is 70.6 Å². The lowest BCUT2D eigenvalue weighted by Crippen LogP contribution is -2.50. The molecule has 2 saturated heterocycles. The Morgan fingerprint density at radius 2 is 1.05 bits per heavy atom. The fourth-order valence-electron chi connectivity index (χ4n) is 4.76. The molecule has 0 bridgehead atoms. The van der Waals surface area contributed by atoms with E-state index >= 15 is 0 Å². The van der Waals surface area contributed by atoms with Crippen molar-refractivity contribution >= 4 is 51.3 Å². The monoisotopic (exact) mass is 634 g/mol. The maximum Gasteiger partial charge on any atom is 0.317 e. The average Bonchev–Trinajstić information content (AvgIpc) is 3.43. The zero-order chi connectivity index (χ0) is 30.7. The Bertz CT molecular complexity index is 848. The molecule has 2 fully saturated rings. The summed E-state index contributed by atoms with van der Waals surface area (Å²) in [5.74, 6) is -2.08. The van der Waals surface area contributed by atoms with E-state index in [9.17, 15) is 39.3 Å². The lowest BCUT2D eigenvalue weighted by Gasteiger charge is -2.32. The van der Waals surface area contributed by atoms with Crippen LogP contribution in [0, 0.1) is 0 Å². The first kappa shape index (κ1) is 36.1. The number of nitrogens with one attached hydrogen (secondary N) is 2. The minimum Gasteiger partial charge on any atom is -0.480 e. The number of carbonyl (C=O) groups excluding carboxylic acids is 2. The molecule has 0 spiro atoms. The lowest BCUT2D eigenvalue weighted by atomic mass is 10.1. The topological polar surface area (TPSA) is 183 Å². The summed E-state index contributed by atoms with van der Waals surface area (Å²) < 4.78 is 0. The largest absolute Gasteiger partial charge is 0.480 e. The molecule has 1 unspecified atom stereocenters. The van der Waals surface area contributed by atoms with Gasteiger partial charge in [-0.3, -0.25) is 43.6 Å². The Labute approximate surface area is 255 Å². The van der Waals surface area contributed by atoms with E-state index < -0.39 is 17.9 Å². The number of carbonyl (C=O) groups is 5. The molecule has 2 amide bonds. The molecule has 0 saturated carbocycles. The van der Waals surface area contributed by atoms with Crippen LogP contribution in [0.4, 0.5) is 0 Å². The molecule has 2 rings (SSSR count). The Morgan fingerprint density at radius 3 is 1.45 bits per heavy atom. The molecular weight excluding hydrogens is 588 g/mol. The van der Waals surface area contributed by atoms with Gasteiger partial charge in [0.15, 0.2) is 0 Å². The van der Waals surface area contributed by atoms with Crippen molar-refractivity contribution in [3.8, 4) is 0 Å². The molecule has 1 atom stereocenters. The van der Waals surface area contributed by atoms with Crippen molar-refractivity contribution in [1.29, 1.82) is 0 Å². The second-order valence-corrected chi connectivity index (χ2v) is 13.3. The first-order valence-corrected chi connectivity index (χ1v) is 16.9. The molecule has 0 aliphatic carbocycles. The van der Waals surface area contributed by atoms with Crippen molar-refractivity contribution in [2.45, 2.75) is 37.4 Å². The highest BCUT2D eigenvalue weighted by molar-refractivity contribution is 8.77. The van der Waals surface area contributed by atoms with E-state index in [1.54, 1.807) is 14.7 Å². The van der Waals surface area contributed by atoms with Gasteiger partial charge in [0.25, 0.3) is 0 Å². The van der Waals surface area contributed by atoms with Crippen LogP contribution in [0.2, 0.25) is 0 Å². The molecule has 0 aromatic rings. The highest BCUT2D eigenvalue weighted by Crippen LogP contribution is 2.39. The Morgan fingerprint density at radius 1 is 0.619 bits per heavy atom. The average molecular weight is 635 g/mol. The van der Waals surface area contributed by atoms with Crippen LogP contribution in [-0.4, -0.2) is 167 Å². The number of carboxylic acids is 3. The predicted octanol–water partition coefficient (Wildman–Crippen LogP) is -0.592. The Kier molecular flexibility index (Phi) is 17.8. The van der Waals surface area contributed by atoms with Gasteiger partial charge in [0, 0.05) is 82.9 Å². The molecule has 42 heavy (non-hydrogen) atoms. The molecular formula is C26H46N6O8S2. The summed E-state index contributed by atoms with van der Waals surface area (Å²) in [5.41, 5.74) is 0. The summed E-state index contributed by atoms with van der Waals surface area (Å²) in [7, 11) is 3.87. The summed E-state index contributed by atoms with van der Waals surface area (Å²) in [6, 6.07) is 0. The Balaban J connectivity index is 1.82. The van der Waals surface area contributed by atoms with Gasteiger partial charge in [0.2, 0.25) is 11.8 Å². The molecule has 0 aromatic carbocycles. The predicted molar refractivity (Wildman–Crippen MR) is 162 cm³/mol. The smallest absolute Gasteiger partial charge is 0.317 e. The van der Waals surface area contributed by atoms with Gasteiger partial charge in [-0.15, -0.1) is 0 Å². The van der Waals surface area contributed by atoms with Crippen LogP contribution < -0.4 is 10.6 Å². The fraction of sp³-hybridized carbons (Fsp3) is 0.808. The van der Waals surface area contributed by atoms with Gasteiger partial charge in [0.1, 0.15) is 0 Å². The fourth-order valence-corrected chi connectivity index (χ4v) is 7.79. The molecule has 14 nitrogen and oxygen atoms in total. The molecule has 240 valence electrons. The van der Waals surface area contributed by atoms with Gasteiger partial charge in [-0.1, -0.05) is 28.0 Å². The second-order valence-electron chi connectivity index (χ2n) is 10.6. The molecule has 5 N–H and O–H groups in total. The van der Waals surface area contributed by atoms with Crippen molar-refractivity contribution in [2.75, 3.05) is 97.4 Å². The molecule has 2 heterocycles. The summed E-state index contributed by atoms with van der Waals surface area (Å²) in [6.07, 6.45) is 4.74. The van der Waals surface area contributed by atoms with Crippen LogP contribution in [0.3, 0.4) is 0 Å². The first-order chi connectivity index (χ1) is 20.1. The number of rotatable bonds is 16. The highest BCUT2D eigenvalue weighted by Gasteiger charge is 2.21. The standard InChI is InChI=1S/C26H46N6O8S2/c33-22(4-2-1-3-21-5-16-41-42-21)27-6-7-28-23(34)17-29-8-10-30(18-24(35)36)12-14-32(20-26(39)40)15-13-31(11-9-29)19-25(37)38/h21H,1-20H2,(H,27,33)(H,28,34)(H,35,36)(H,37,38)(H,39,40). The third kappa shape index (κ3) is 17.1. The SMILES string of the molecule is O=C(O)CN1CCN(CC(=O)O)CCN(CC(=O)NCCNC(=O)CCCCC2CCSS2)CCN(CC(=O)O)CC1. The maximum absolute atomic E-state index is 12.7.